The number of hydrogen-bond donors (Lipinski definition) is 2. The maximum absolute atomic E-state index is 12.9. The van der Waals surface area contributed by atoms with E-state index in [4.69, 9.17) is 9.47 Å². The Labute approximate surface area is 201 Å². The summed E-state index contributed by atoms with van der Waals surface area (Å²) in [7, 11) is 3.04. The number of aromatic hydroxyl groups is 1. The lowest BCUT2D eigenvalue weighted by molar-refractivity contribution is 0.101. The monoisotopic (exact) mass is 490 g/mol. The minimum absolute atomic E-state index is 0.0160. The number of thiazole rings is 1. The maximum atomic E-state index is 12.9. The first-order valence-corrected chi connectivity index (χ1v) is 11.1. The quantitative estimate of drug-likeness (QED) is 0.371. The molecule has 0 bridgehead atoms. The lowest BCUT2D eigenvalue weighted by Crippen LogP contribution is -2.25. The van der Waals surface area contributed by atoms with E-state index in [1.807, 2.05) is 29.6 Å². The number of rotatable bonds is 6. The van der Waals surface area contributed by atoms with E-state index in [9.17, 15) is 14.7 Å². The molecule has 2 aromatic carbocycles. The van der Waals surface area contributed by atoms with E-state index in [1.54, 1.807) is 35.9 Å². The minimum Gasteiger partial charge on any atom is -0.505 e. The van der Waals surface area contributed by atoms with Gasteiger partial charge in [-0.2, -0.15) is 14.8 Å². The first-order chi connectivity index (χ1) is 17.0. The Morgan fingerprint density at radius 1 is 1.06 bits per heavy atom. The third-order valence-electron chi connectivity index (χ3n) is 5.11. The standard InChI is InChI=1S/C23H18N6O5S/c1-33-14-7-5-6-13(10-14)16-12-35-23-25-22(27-29(16)23)24-21(32)20-17(30)11-19(31)28(26-20)15-8-3-4-9-18(15)34-2/h3-12,30H,1-2H3,(H,24,27,32). The van der Waals surface area contributed by atoms with Crippen molar-refractivity contribution in [3.8, 4) is 34.2 Å². The molecule has 0 saturated heterocycles. The van der Waals surface area contributed by atoms with Crippen molar-refractivity contribution < 1.29 is 19.4 Å². The van der Waals surface area contributed by atoms with Crippen molar-refractivity contribution in [2.75, 3.05) is 19.5 Å². The molecule has 0 fully saturated rings. The predicted octanol–water partition coefficient (Wildman–Crippen LogP) is 2.98. The van der Waals surface area contributed by atoms with Crippen LogP contribution in [0.3, 0.4) is 0 Å². The van der Waals surface area contributed by atoms with Crippen molar-refractivity contribution in [1.29, 1.82) is 0 Å². The minimum atomic E-state index is -0.785. The van der Waals surface area contributed by atoms with Gasteiger partial charge in [0.2, 0.25) is 4.96 Å². The molecule has 2 N–H and O–H groups in total. The smallest absolute Gasteiger partial charge is 0.282 e. The fourth-order valence-electron chi connectivity index (χ4n) is 3.46. The second-order valence-electron chi connectivity index (χ2n) is 7.24. The van der Waals surface area contributed by atoms with Crippen LogP contribution in [0.5, 0.6) is 17.2 Å². The Morgan fingerprint density at radius 2 is 1.89 bits per heavy atom. The third-order valence-corrected chi connectivity index (χ3v) is 5.93. The Morgan fingerprint density at radius 3 is 2.69 bits per heavy atom. The van der Waals surface area contributed by atoms with Crippen LogP contribution in [0.1, 0.15) is 10.5 Å². The number of anilines is 1. The number of methoxy groups -OCH3 is 2. The summed E-state index contributed by atoms with van der Waals surface area (Å²) >= 11 is 1.35. The summed E-state index contributed by atoms with van der Waals surface area (Å²) in [6.45, 7) is 0. The highest BCUT2D eigenvalue weighted by Gasteiger charge is 2.21. The van der Waals surface area contributed by atoms with E-state index in [-0.39, 0.29) is 11.6 Å². The van der Waals surface area contributed by atoms with E-state index < -0.39 is 17.2 Å². The second-order valence-corrected chi connectivity index (χ2v) is 8.07. The second kappa shape index (κ2) is 8.91. The fourth-order valence-corrected chi connectivity index (χ4v) is 4.29. The van der Waals surface area contributed by atoms with Crippen molar-refractivity contribution >= 4 is 28.2 Å². The van der Waals surface area contributed by atoms with Crippen LogP contribution in [0.4, 0.5) is 5.95 Å². The van der Waals surface area contributed by atoms with E-state index >= 15 is 0 Å². The number of nitrogens with one attached hydrogen (secondary N) is 1. The molecular weight excluding hydrogens is 472 g/mol. The molecule has 35 heavy (non-hydrogen) atoms. The number of hydrogen-bond acceptors (Lipinski definition) is 9. The summed E-state index contributed by atoms with van der Waals surface area (Å²) in [6, 6.07) is 15.1. The molecule has 176 valence electrons. The van der Waals surface area contributed by atoms with Gasteiger partial charge in [-0.15, -0.1) is 16.4 Å². The number of amides is 1. The van der Waals surface area contributed by atoms with Gasteiger partial charge in [0.05, 0.1) is 19.9 Å². The Kier molecular flexibility index (Phi) is 5.63. The molecule has 0 aliphatic rings. The van der Waals surface area contributed by atoms with Crippen LogP contribution in [0, 0.1) is 0 Å². The van der Waals surface area contributed by atoms with Crippen molar-refractivity contribution in [2.24, 2.45) is 0 Å². The molecule has 11 nitrogen and oxygen atoms in total. The Balaban J connectivity index is 1.48. The van der Waals surface area contributed by atoms with E-state index in [0.717, 1.165) is 22.0 Å². The van der Waals surface area contributed by atoms with Crippen molar-refractivity contribution in [1.82, 2.24) is 24.4 Å². The van der Waals surface area contributed by atoms with E-state index in [2.05, 4.69) is 20.5 Å². The topological polar surface area (TPSA) is 133 Å². The summed E-state index contributed by atoms with van der Waals surface area (Å²) in [6.07, 6.45) is 0. The number of ether oxygens (including phenoxy) is 2. The molecule has 0 aliphatic carbocycles. The molecule has 3 heterocycles. The van der Waals surface area contributed by atoms with Crippen LogP contribution < -0.4 is 20.3 Å². The van der Waals surface area contributed by atoms with Gasteiger partial charge in [-0.3, -0.25) is 14.9 Å². The molecule has 0 spiro atoms. The van der Waals surface area contributed by atoms with E-state index in [0.29, 0.717) is 22.1 Å². The summed E-state index contributed by atoms with van der Waals surface area (Å²) in [5.41, 5.74) is 0.940. The highest BCUT2D eigenvalue weighted by Crippen LogP contribution is 2.28. The van der Waals surface area contributed by atoms with E-state index in [1.165, 1.54) is 18.4 Å². The summed E-state index contributed by atoms with van der Waals surface area (Å²) in [5.74, 6) is -0.270. The molecule has 5 rings (SSSR count). The molecular formula is C23H18N6O5S. The molecule has 0 aliphatic heterocycles. The van der Waals surface area contributed by atoms with Crippen LogP contribution in [0.15, 0.2) is 64.8 Å². The molecule has 1 amide bonds. The normalized spacial score (nSPS) is 10.9. The van der Waals surface area contributed by atoms with Gasteiger partial charge < -0.3 is 14.6 Å². The SMILES string of the molecule is COc1cccc(-c2csc3nc(NC(=O)c4nn(-c5ccccc5OC)c(=O)cc4O)nn23)c1. The van der Waals surface area contributed by atoms with Gasteiger partial charge in [0.25, 0.3) is 17.4 Å². The number of nitrogens with zero attached hydrogens (tertiary/aromatic N) is 5. The summed E-state index contributed by atoms with van der Waals surface area (Å²) in [5, 5.41) is 23.1. The van der Waals surface area contributed by atoms with Gasteiger partial charge >= 0.3 is 0 Å². The average molecular weight is 491 g/mol. The zero-order chi connectivity index (χ0) is 24.5. The number of aromatic nitrogens is 5. The lowest BCUT2D eigenvalue weighted by Gasteiger charge is -2.11. The lowest BCUT2D eigenvalue weighted by atomic mass is 10.2. The van der Waals surface area contributed by atoms with Crippen LogP contribution in [-0.4, -0.2) is 49.6 Å². The predicted molar refractivity (Wildman–Crippen MR) is 129 cm³/mol. The van der Waals surface area contributed by atoms with Gasteiger partial charge in [-0.25, -0.2) is 4.52 Å². The molecule has 0 atom stereocenters. The molecule has 0 radical (unpaired) electrons. The largest absolute Gasteiger partial charge is 0.505 e. The molecule has 5 aromatic rings. The Bertz CT molecular complexity index is 1620. The third kappa shape index (κ3) is 4.06. The molecule has 0 saturated carbocycles. The number of carbonyl (C=O) groups is 1. The van der Waals surface area contributed by atoms with Crippen molar-refractivity contribution in [2.45, 2.75) is 0 Å². The zero-order valence-corrected chi connectivity index (χ0v) is 19.3. The number of para-hydroxylation sites is 2. The zero-order valence-electron chi connectivity index (χ0n) is 18.5. The highest BCUT2D eigenvalue weighted by molar-refractivity contribution is 7.15. The number of carbonyl (C=O) groups excluding carboxylic acids is 1. The summed E-state index contributed by atoms with van der Waals surface area (Å²) < 4.78 is 13.1. The average Bonchev–Trinajstić information content (AvgIpc) is 3.44. The van der Waals surface area contributed by atoms with Crippen LogP contribution in [0.2, 0.25) is 0 Å². The Hall–Kier alpha value is -4.71. The van der Waals surface area contributed by atoms with Crippen molar-refractivity contribution in [3.05, 3.63) is 76.0 Å². The van der Waals surface area contributed by atoms with Gasteiger partial charge in [-0.05, 0) is 24.3 Å². The van der Waals surface area contributed by atoms with Crippen LogP contribution >= 0.6 is 11.3 Å². The van der Waals surface area contributed by atoms with Gasteiger partial charge in [0.1, 0.15) is 17.2 Å². The molecule has 12 heteroatoms. The molecule has 0 unspecified atom stereocenters. The van der Waals surface area contributed by atoms with Gasteiger partial charge in [0, 0.05) is 17.0 Å². The highest BCUT2D eigenvalue weighted by atomic mass is 32.1. The van der Waals surface area contributed by atoms with Crippen molar-refractivity contribution in [3.63, 3.8) is 0 Å². The maximum Gasteiger partial charge on any atom is 0.282 e. The first-order valence-electron chi connectivity index (χ1n) is 10.3. The molecule has 3 aromatic heterocycles. The number of benzene rings is 2. The summed E-state index contributed by atoms with van der Waals surface area (Å²) in [4.78, 5) is 30.3. The first kappa shape index (κ1) is 22.1. The van der Waals surface area contributed by atoms with Crippen LogP contribution in [0.25, 0.3) is 21.9 Å². The van der Waals surface area contributed by atoms with Crippen LogP contribution in [-0.2, 0) is 0 Å². The van der Waals surface area contributed by atoms with Gasteiger partial charge in [0.15, 0.2) is 11.4 Å². The van der Waals surface area contributed by atoms with Gasteiger partial charge in [-0.1, -0.05) is 24.3 Å². The number of fused-ring (bicyclic) bond motifs is 1. The fraction of sp³-hybridized carbons (Fsp3) is 0.0870.